The highest BCUT2D eigenvalue weighted by atomic mass is 16.2. The Morgan fingerprint density at radius 2 is 2.09 bits per heavy atom. The van der Waals surface area contributed by atoms with Crippen LogP contribution < -0.4 is 16.5 Å². The Morgan fingerprint density at radius 3 is 2.74 bits per heavy atom. The fourth-order valence-electron chi connectivity index (χ4n) is 2.36. The number of aromatic nitrogens is 1. The van der Waals surface area contributed by atoms with Gasteiger partial charge in [0.1, 0.15) is 5.56 Å². The van der Waals surface area contributed by atoms with E-state index in [0.29, 0.717) is 34.6 Å². The second-order valence-electron chi connectivity index (χ2n) is 5.87. The summed E-state index contributed by atoms with van der Waals surface area (Å²) >= 11 is 0. The largest absolute Gasteiger partial charge is 0.399 e. The summed E-state index contributed by atoms with van der Waals surface area (Å²) in [5, 5.41) is 3.25. The highest BCUT2D eigenvalue weighted by Crippen LogP contribution is 2.11. The number of para-hydroxylation sites is 1. The predicted octanol–water partition coefficient (Wildman–Crippen LogP) is 2.66. The SMILES string of the molecule is C=C(N)/C=C(\CC(C)C)NC(=O)c1c[nH]c2ccccc2c1=O. The van der Waals surface area contributed by atoms with Crippen LogP contribution in [0.2, 0.25) is 0 Å². The van der Waals surface area contributed by atoms with Crippen molar-refractivity contribution in [1.29, 1.82) is 0 Å². The molecule has 4 N–H and O–H groups in total. The molecule has 23 heavy (non-hydrogen) atoms. The van der Waals surface area contributed by atoms with Gasteiger partial charge in [0.2, 0.25) is 5.43 Å². The molecule has 0 aliphatic heterocycles. The third-order valence-electron chi connectivity index (χ3n) is 3.29. The molecule has 0 spiro atoms. The molecule has 1 aromatic heterocycles. The molecule has 0 bridgehead atoms. The summed E-state index contributed by atoms with van der Waals surface area (Å²) in [6.07, 6.45) is 3.69. The highest BCUT2D eigenvalue weighted by molar-refractivity contribution is 5.98. The molecule has 0 saturated heterocycles. The minimum atomic E-state index is -0.454. The number of allylic oxidation sites excluding steroid dienone is 2. The average molecular weight is 311 g/mol. The summed E-state index contributed by atoms with van der Waals surface area (Å²) in [5.74, 6) is -0.124. The molecule has 0 fully saturated rings. The van der Waals surface area contributed by atoms with E-state index in [1.807, 2.05) is 19.9 Å². The number of H-pyrrole nitrogens is 1. The molecule has 0 radical (unpaired) electrons. The van der Waals surface area contributed by atoms with Crippen LogP contribution in [0.3, 0.4) is 0 Å². The van der Waals surface area contributed by atoms with Crippen LogP contribution in [0.5, 0.6) is 0 Å². The van der Waals surface area contributed by atoms with Gasteiger partial charge in [0.15, 0.2) is 0 Å². The van der Waals surface area contributed by atoms with Crippen molar-refractivity contribution in [3.8, 4) is 0 Å². The Bertz CT molecular complexity index is 832. The molecule has 5 nitrogen and oxygen atoms in total. The van der Waals surface area contributed by atoms with E-state index < -0.39 is 5.91 Å². The van der Waals surface area contributed by atoms with Crippen LogP contribution >= 0.6 is 0 Å². The van der Waals surface area contributed by atoms with Crippen molar-refractivity contribution in [3.05, 3.63) is 70.3 Å². The maximum absolute atomic E-state index is 12.5. The molecule has 0 aliphatic rings. The van der Waals surface area contributed by atoms with Crippen LogP contribution in [-0.2, 0) is 0 Å². The van der Waals surface area contributed by atoms with Gasteiger partial charge in [-0.15, -0.1) is 0 Å². The summed E-state index contributed by atoms with van der Waals surface area (Å²) < 4.78 is 0. The number of nitrogens with one attached hydrogen (secondary N) is 2. The Kier molecular flexibility index (Phi) is 5.01. The third-order valence-corrected chi connectivity index (χ3v) is 3.29. The second-order valence-corrected chi connectivity index (χ2v) is 5.87. The van der Waals surface area contributed by atoms with E-state index in [9.17, 15) is 9.59 Å². The molecule has 1 amide bonds. The van der Waals surface area contributed by atoms with Crippen molar-refractivity contribution in [2.24, 2.45) is 11.7 Å². The Labute approximate surface area is 134 Å². The second kappa shape index (κ2) is 6.96. The molecule has 1 aromatic carbocycles. The standard InChI is InChI=1S/C18H21N3O2/c1-11(2)8-13(9-12(3)19)21-18(23)15-10-20-16-7-5-4-6-14(16)17(15)22/h4-7,9-11H,3,8,19H2,1-2H3,(H,20,22)(H,21,23)/b13-9+. The Morgan fingerprint density at radius 1 is 1.39 bits per heavy atom. The molecule has 0 atom stereocenters. The molecule has 0 aliphatic carbocycles. The Hall–Kier alpha value is -2.82. The number of rotatable bonds is 5. The lowest BCUT2D eigenvalue weighted by molar-refractivity contribution is 0.0963. The van der Waals surface area contributed by atoms with Gasteiger partial charge in [-0.3, -0.25) is 9.59 Å². The zero-order valence-corrected chi connectivity index (χ0v) is 13.3. The van der Waals surface area contributed by atoms with Gasteiger partial charge in [0.05, 0.1) is 0 Å². The van der Waals surface area contributed by atoms with E-state index in [-0.39, 0.29) is 11.0 Å². The summed E-state index contributed by atoms with van der Waals surface area (Å²) in [4.78, 5) is 27.9. The number of fused-ring (bicyclic) bond motifs is 1. The van der Waals surface area contributed by atoms with Crippen LogP contribution in [0.25, 0.3) is 10.9 Å². The number of hydrogen-bond acceptors (Lipinski definition) is 3. The van der Waals surface area contributed by atoms with Gasteiger partial charge >= 0.3 is 0 Å². The molecule has 1 heterocycles. The summed E-state index contributed by atoms with van der Waals surface area (Å²) in [7, 11) is 0. The lowest BCUT2D eigenvalue weighted by atomic mass is 10.1. The molecule has 5 heteroatoms. The first kappa shape index (κ1) is 16.5. The predicted molar refractivity (Wildman–Crippen MR) is 92.9 cm³/mol. The van der Waals surface area contributed by atoms with Crippen molar-refractivity contribution in [2.45, 2.75) is 20.3 Å². The van der Waals surface area contributed by atoms with Crippen molar-refractivity contribution in [3.63, 3.8) is 0 Å². The van der Waals surface area contributed by atoms with Gasteiger partial charge < -0.3 is 16.0 Å². The maximum atomic E-state index is 12.5. The number of pyridine rings is 1. The lowest BCUT2D eigenvalue weighted by Gasteiger charge is -2.12. The number of hydrogen-bond donors (Lipinski definition) is 3. The van der Waals surface area contributed by atoms with Gasteiger partial charge in [-0.2, -0.15) is 0 Å². The van der Waals surface area contributed by atoms with E-state index in [4.69, 9.17) is 5.73 Å². The monoisotopic (exact) mass is 311 g/mol. The third kappa shape index (κ3) is 4.10. The van der Waals surface area contributed by atoms with E-state index in [1.54, 1.807) is 24.3 Å². The quantitative estimate of drug-likeness (QED) is 0.742. The molecule has 2 aromatic rings. The van der Waals surface area contributed by atoms with Crippen molar-refractivity contribution < 1.29 is 4.79 Å². The van der Waals surface area contributed by atoms with Crippen LogP contribution in [-0.4, -0.2) is 10.9 Å². The van der Waals surface area contributed by atoms with Crippen LogP contribution in [0.1, 0.15) is 30.6 Å². The molecule has 0 unspecified atom stereocenters. The zero-order valence-electron chi connectivity index (χ0n) is 13.3. The topological polar surface area (TPSA) is 88.0 Å². The first-order valence-corrected chi connectivity index (χ1v) is 7.45. The fourth-order valence-corrected chi connectivity index (χ4v) is 2.36. The van der Waals surface area contributed by atoms with Gasteiger partial charge in [0, 0.05) is 28.5 Å². The maximum Gasteiger partial charge on any atom is 0.260 e. The zero-order chi connectivity index (χ0) is 17.0. The summed E-state index contributed by atoms with van der Waals surface area (Å²) in [6, 6.07) is 7.08. The summed E-state index contributed by atoms with van der Waals surface area (Å²) in [6.45, 7) is 7.68. The van der Waals surface area contributed by atoms with Crippen molar-refractivity contribution in [1.82, 2.24) is 10.3 Å². The normalized spacial score (nSPS) is 11.7. The number of nitrogens with two attached hydrogens (primary N) is 1. The molecular formula is C18H21N3O2. The first-order valence-electron chi connectivity index (χ1n) is 7.45. The number of aromatic amines is 1. The lowest BCUT2D eigenvalue weighted by Crippen LogP contribution is -2.29. The Balaban J connectivity index is 2.34. The molecule has 0 saturated carbocycles. The summed E-state index contributed by atoms with van der Waals surface area (Å²) in [5.41, 5.74) is 7.06. The average Bonchev–Trinajstić information content (AvgIpc) is 2.46. The van der Waals surface area contributed by atoms with Crippen LogP contribution in [0, 0.1) is 5.92 Å². The number of carbonyl (C=O) groups is 1. The number of benzene rings is 1. The van der Waals surface area contributed by atoms with Gasteiger partial charge in [-0.25, -0.2) is 0 Å². The molecule has 120 valence electrons. The van der Waals surface area contributed by atoms with E-state index >= 15 is 0 Å². The van der Waals surface area contributed by atoms with Crippen molar-refractivity contribution >= 4 is 16.8 Å². The fraction of sp³-hybridized carbons (Fsp3) is 0.222. The minimum Gasteiger partial charge on any atom is -0.399 e. The highest BCUT2D eigenvalue weighted by Gasteiger charge is 2.14. The van der Waals surface area contributed by atoms with Crippen molar-refractivity contribution in [2.75, 3.05) is 0 Å². The van der Waals surface area contributed by atoms with Crippen LogP contribution in [0.4, 0.5) is 0 Å². The van der Waals surface area contributed by atoms with Gasteiger partial charge in [0.25, 0.3) is 5.91 Å². The molecule has 2 rings (SSSR count). The first-order chi connectivity index (χ1) is 10.9. The van der Waals surface area contributed by atoms with E-state index in [1.165, 1.54) is 6.20 Å². The van der Waals surface area contributed by atoms with Gasteiger partial charge in [-0.1, -0.05) is 32.6 Å². The minimum absolute atomic E-state index is 0.0704. The number of carbonyl (C=O) groups excluding carboxylic acids is 1. The van der Waals surface area contributed by atoms with E-state index in [2.05, 4.69) is 16.9 Å². The van der Waals surface area contributed by atoms with Gasteiger partial charge in [-0.05, 0) is 30.5 Å². The smallest absolute Gasteiger partial charge is 0.260 e. The van der Waals surface area contributed by atoms with E-state index in [0.717, 1.165) is 0 Å². The molecular weight excluding hydrogens is 290 g/mol. The number of amides is 1. The van der Waals surface area contributed by atoms with Crippen LogP contribution in [0.15, 0.2) is 59.3 Å².